The Balaban J connectivity index is 1.88. The van der Waals surface area contributed by atoms with Gasteiger partial charge in [-0.05, 0) is 12.1 Å². The van der Waals surface area contributed by atoms with E-state index in [1.165, 1.54) is 0 Å². The van der Waals surface area contributed by atoms with Crippen molar-refractivity contribution < 1.29 is 14.3 Å². The number of amides is 2. The number of hydrogen-bond donors (Lipinski definition) is 2. The summed E-state index contributed by atoms with van der Waals surface area (Å²) in [6, 6.07) is 25.7. The molecule has 140 valence electrons. The van der Waals surface area contributed by atoms with E-state index in [0.29, 0.717) is 5.71 Å². The standard InChI is InChI=1S/C22H19N3O3/c23-20(26)15-28-19-14-8-7-13-18(19)22(27)25-24-21(16-9-3-1-4-10-16)17-11-5-2-6-12-17/h1-14H,15H2,(H2,23,26)(H,25,27). The van der Waals surface area contributed by atoms with Crippen molar-refractivity contribution in [3.8, 4) is 5.75 Å². The van der Waals surface area contributed by atoms with Crippen molar-refractivity contribution >= 4 is 17.5 Å². The molecule has 0 aliphatic carbocycles. The highest BCUT2D eigenvalue weighted by molar-refractivity contribution is 6.13. The largest absolute Gasteiger partial charge is 0.483 e. The number of primary amides is 1. The number of benzene rings is 3. The van der Waals surface area contributed by atoms with Crippen LogP contribution in [0.5, 0.6) is 5.75 Å². The first kappa shape index (κ1) is 18.8. The molecule has 0 aliphatic rings. The molecule has 0 spiro atoms. The van der Waals surface area contributed by atoms with Gasteiger partial charge >= 0.3 is 0 Å². The average molecular weight is 373 g/mol. The summed E-state index contributed by atoms with van der Waals surface area (Å²) in [5.74, 6) is -0.817. The summed E-state index contributed by atoms with van der Waals surface area (Å²) in [6.45, 7) is -0.313. The second-order valence-electron chi connectivity index (χ2n) is 5.88. The van der Waals surface area contributed by atoms with E-state index in [2.05, 4.69) is 10.5 Å². The summed E-state index contributed by atoms with van der Waals surface area (Å²) in [6.07, 6.45) is 0. The van der Waals surface area contributed by atoms with Crippen molar-refractivity contribution in [2.24, 2.45) is 10.8 Å². The van der Waals surface area contributed by atoms with Gasteiger partial charge in [0.15, 0.2) is 6.61 Å². The van der Waals surface area contributed by atoms with Gasteiger partial charge in [0.25, 0.3) is 11.8 Å². The monoisotopic (exact) mass is 373 g/mol. The summed E-state index contributed by atoms with van der Waals surface area (Å²) >= 11 is 0. The lowest BCUT2D eigenvalue weighted by Crippen LogP contribution is -2.23. The number of nitrogens with one attached hydrogen (secondary N) is 1. The van der Waals surface area contributed by atoms with Crippen LogP contribution < -0.4 is 15.9 Å². The van der Waals surface area contributed by atoms with Crippen molar-refractivity contribution in [3.63, 3.8) is 0 Å². The third-order valence-corrected chi connectivity index (χ3v) is 3.87. The molecule has 0 fully saturated rings. The number of para-hydroxylation sites is 1. The minimum atomic E-state index is -0.622. The highest BCUT2D eigenvalue weighted by Crippen LogP contribution is 2.18. The number of hydrazone groups is 1. The van der Waals surface area contributed by atoms with Gasteiger partial charge in [-0.1, -0.05) is 72.8 Å². The van der Waals surface area contributed by atoms with Crippen molar-refractivity contribution in [2.45, 2.75) is 0 Å². The van der Waals surface area contributed by atoms with Crippen molar-refractivity contribution in [1.29, 1.82) is 0 Å². The molecule has 0 unspecified atom stereocenters. The Kier molecular flexibility index (Phi) is 6.15. The Hall–Kier alpha value is -3.93. The maximum absolute atomic E-state index is 12.7. The minimum Gasteiger partial charge on any atom is -0.483 e. The van der Waals surface area contributed by atoms with Crippen molar-refractivity contribution in [1.82, 2.24) is 5.43 Å². The zero-order valence-electron chi connectivity index (χ0n) is 15.0. The fourth-order valence-electron chi connectivity index (χ4n) is 2.58. The number of carbonyl (C=O) groups is 2. The molecule has 0 aliphatic heterocycles. The van der Waals surface area contributed by atoms with Gasteiger partial charge in [0.05, 0.1) is 11.3 Å². The van der Waals surface area contributed by atoms with Gasteiger partial charge in [-0.15, -0.1) is 0 Å². The van der Waals surface area contributed by atoms with E-state index in [9.17, 15) is 9.59 Å². The van der Waals surface area contributed by atoms with Gasteiger partial charge in [-0.2, -0.15) is 5.10 Å². The van der Waals surface area contributed by atoms with Crippen LogP contribution in [0.1, 0.15) is 21.5 Å². The molecule has 3 aromatic rings. The van der Waals surface area contributed by atoms with Gasteiger partial charge in [0.2, 0.25) is 0 Å². The van der Waals surface area contributed by atoms with Crippen LogP contribution in [0.3, 0.4) is 0 Å². The molecule has 0 aromatic heterocycles. The SMILES string of the molecule is NC(=O)COc1ccccc1C(=O)NN=C(c1ccccc1)c1ccccc1. The molecule has 28 heavy (non-hydrogen) atoms. The van der Waals surface area contributed by atoms with Crippen LogP contribution >= 0.6 is 0 Å². The predicted octanol–water partition coefficient (Wildman–Crippen LogP) is 2.73. The molecule has 6 nitrogen and oxygen atoms in total. The Bertz CT molecular complexity index is 945. The van der Waals surface area contributed by atoms with E-state index in [4.69, 9.17) is 10.5 Å². The van der Waals surface area contributed by atoms with Crippen LogP contribution in [0.2, 0.25) is 0 Å². The summed E-state index contributed by atoms with van der Waals surface area (Å²) in [5, 5.41) is 4.35. The Morgan fingerprint density at radius 1 is 0.821 bits per heavy atom. The van der Waals surface area contributed by atoms with Crippen LogP contribution in [0.4, 0.5) is 0 Å². The average Bonchev–Trinajstić information content (AvgIpc) is 2.74. The fraction of sp³-hybridized carbons (Fsp3) is 0.0455. The van der Waals surface area contributed by atoms with Crippen molar-refractivity contribution in [3.05, 3.63) is 102 Å². The molecule has 0 heterocycles. The number of ether oxygens (including phenoxy) is 1. The highest BCUT2D eigenvalue weighted by Gasteiger charge is 2.13. The normalized spacial score (nSPS) is 10.0. The maximum Gasteiger partial charge on any atom is 0.275 e. The lowest BCUT2D eigenvalue weighted by molar-refractivity contribution is -0.119. The molecular weight excluding hydrogens is 354 g/mol. The molecule has 0 atom stereocenters. The fourth-order valence-corrected chi connectivity index (χ4v) is 2.58. The summed E-state index contributed by atoms with van der Waals surface area (Å²) in [4.78, 5) is 23.6. The van der Waals surface area contributed by atoms with Gasteiger partial charge in [0.1, 0.15) is 5.75 Å². The molecule has 2 amide bonds. The number of hydrogen-bond acceptors (Lipinski definition) is 4. The third-order valence-electron chi connectivity index (χ3n) is 3.87. The van der Waals surface area contributed by atoms with Crippen LogP contribution in [0.25, 0.3) is 0 Å². The van der Waals surface area contributed by atoms with Gasteiger partial charge in [-0.25, -0.2) is 5.43 Å². The predicted molar refractivity (Wildman–Crippen MR) is 107 cm³/mol. The molecule has 0 saturated carbocycles. The van der Waals surface area contributed by atoms with E-state index in [-0.39, 0.29) is 17.9 Å². The molecule has 6 heteroatoms. The molecule has 0 bridgehead atoms. The lowest BCUT2D eigenvalue weighted by atomic mass is 10.0. The van der Waals surface area contributed by atoms with Crippen LogP contribution in [0, 0.1) is 0 Å². The molecular formula is C22H19N3O3. The van der Waals surface area contributed by atoms with E-state index in [0.717, 1.165) is 11.1 Å². The van der Waals surface area contributed by atoms with E-state index in [1.54, 1.807) is 24.3 Å². The van der Waals surface area contributed by atoms with E-state index < -0.39 is 11.8 Å². The molecule has 0 radical (unpaired) electrons. The summed E-state index contributed by atoms with van der Waals surface area (Å²) in [7, 11) is 0. The number of nitrogens with zero attached hydrogens (tertiary/aromatic N) is 1. The Labute approximate surface area is 162 Å². The maximum atomic E-state index is 12.7. The lowest BCUT2D eigenvalue weighted by Gasteiger charge is -2.10. The van der Waals surface area contributed by atoms with Crippen molar-refractivity contribution in [2.75, 3.05) is 6.61 Å². The van der Waals surface area contributed by atoms with Gasteiger partial charge in [0, 0.05) is 11.1 Å². The highest BCUT2D eigenvalue weighted by atomic mass is 16.5. The van der Waals surface area contributed by atoms with E-state index in [1.807, 2.05) is 60.7 Å². The zero-order valence-corrected chi connectivity index (χ0v) is 15.0. The topological polar surface area (TPSA) is 93.8 Å². The minimum absolute atomic E-state index is 0.257. The second-order valence-corrected chi connectivity index (χ2v) is 5.88. The number of rotatable bonds is 7. The van der Waals surface area contributed by atoms with Crippen LogP contribution in [0.15, 0.2) is 90.0 Å². The van der Waals surface area contributed by atoms with Crippen LogP contribution in [-0.4, -0.2) is 24.1 Å². The third kappa shape index (κ3) is 4.82. The zero-order chi connectivity index (χ0) is 19.8. The van der Waals surface area contributed by atoms with Gasteiger partial charge < -0.3 is 10.5 Å². The first-order valence-electron chi connectivity index (χ1n) is 8.64. The molecule has 3 aromatic carbocycles. The van der Waals surface area contributed by atoms with E-state index >= 15 is 0 Å². The number of carbonyl (C=O) groups excluding carboxylic acids is 2. The second kappa shape index (κ2) is 9.14. The molecule has 3 N–H and O–H groups in total. The van der Waals surface area contributed by atoms with Gasteiger partial charge in [-0.3, -0.25) is 9.59 Å². The smallest absolute Gasteiger partial charge is 0.275 e. The Morgan fingerprint density at radius 3 is 1.93 bits per heavy atom. The molecule has 0 saturated heterocycles. The summed E-state index contributed by atoms with van der Waals surface area (Å²) in [5.41, 5.74) is 10.3. The van der Waals surface area contributed by atoms with Crippen LogP contribution in [-0.2, 0) is 4.79 Å². The summed E-state index contributed by atoms with van der Waals surface area (Å²) < 4.78 is 5.31. The molecule has 3 rings (SSSR count). The quantitative estimate of drug-likeness (QED) is 0.492. The Morgan fingerprint density at radius 2 is 1.36 bits per heavy atom. The first-order valence-corrected chi connectivity index (χ1v) is 8.64. The first-order chi connectivity index (χ1) is 13.6. The number of nitrogens with two attached hydrogens (primary N) is 1.